The van der Waals surface area contributed by atoms with Crippen LogP contribution in [0, 0.1) is 0 Å². The molecule has 0 aliphatic heterocycles. The number of benzene rings is 1. The predicted octanol–water partition coefficient (Wildman–Crippen LogP) is 4.58. The van der Waals surface area contributed by atoms with Crippen LogP contribution in [0.3, 0.4) is 0 Å². The first-order valence-corrected chi connectivity index (χ1v) is 7.39. The first kappa shape index (κ1) is 14.9. The number of hydrogen-bond donors (Lipinski definition) is 1. The molecule has 1 aromatic heterocycles. The maximum Gasteiger partial charge on any atom is 0.0742 e. The van der Waals surface area contributed by atoms with Crippen molar-refractivity contribution in [1.82, 2.24) is 9.78 Å². The standard InChI is InChI=1S/C13H14BrCl2N3/c1-7(2)19-13(11(14)6-18-19)12(17)8-3-9(15)5-10(16)4-8/h3-7,12H,17H2,1-2H3. The van der Waals surface area contributed by atoms with Gasteiger partial charge >= 0.3 is 0 Å². The Balaban J connectivity index is 2.49. The van der Waals surface area contributed by atoms with Crippen LogP contribution >= 0.6 is 39.1 Å². The van der Waals surface area contributed by atoms with E-state index in [-0.39, 0.29) is 12.1 Å². The van der Waals surface area contributed by atoms with Gasteiger partial charge in [-0.1, -0.05) is 23.2 Å². The molecule has 0 spiro atoms. The van der Waals surface area contributed by atoms with Crippen molar-refractivity contribution in [1.29, 1.82) is 0 Å². The third-order valence-corrected chi connectivity index (χ3v) is 3.86. The van der Waals surface area contributed by atoms with E-state index in [1.165, 1.54) is 0 Å². The van der Waals surface area contributed by atoms with Crippen molar-refractivity contribution in [3.8, 4) is 0 Å². The highest BCUT2D eigenvalue weighted by Gasteiger charge is 2.20. The molecule has 3 nitrogen and oxygen atoms in total. The van der Waals surface area contributed by atoms with Crippen molar-refractivity contribution < 1.29 is 0 Å². The van der Waals surface area contributed by atoms with Crippen LogP contribution in [0.1, 0.15) is 37.2 Å². The fraction of sp³-hybridized carbons (Fsp3) is 0.308. The molecule has 1 heterocycles. The summed E-state index contributed by atoms with van der Waals surface area (Å²) in [4.78, 5) is 0. The predicted molar refractivity (Wildman–Crippen MR) is 82.8 cm³/mol. The van der Waals surface area contributed by atoms with E-state index >= 15 is 0 Å². The number of rotatable bonds is 3. The zero-order valence-electron chi connectivity index (χ0n) is 10.6. The molecule has 1 unspecified atom stereocenters. The van der Waals surface area contributed by atoms with E-state index in [1.54, 1.807) is 12.3 Å². The summed E-state index contributed by atoms with van der Waals surface area (Å²) in [6.45, 7) is 4.11. The van der Waals surface area contributed by atoms with E-state index in [0.717, 1.165) is 15.7 Å². The molecule has 0 amide bonds. The smallest absolute Gasteiger partial charge is 0.0742 e. The lowest BCUT2D eigenvalue weighted by molar-refractivity contribution is 0.498. The molecule has 2 aromatic rings. The summed E-state index contributed by atoms with van der Waals surface area (Å²) in [5, 5.41) is 5.48. The van der Waals surface area contributed by atoms with Gasteiger partial charge in [-0.15, -0.1) is 0 Å². The van der Waals surface area contributed by atoms with Gasteiger partial charge in [0.1, 0.15) is 0 Å². The summed E-state index contributed by atoms with van der Waals surface area (Å²) < 4.78 is 2.77. The Labute approximate surface area is 130 Å². The van der Waals surface area contributed by atoms with E-state index in [4.69, 9.17) is 28.9 Å². The van der Waals surface area contributed by atoms with E-state index in [0.29, 0.717) is 10.0 Å². The highest BCUT2D eigenvalue weighted by molar-refractivity contribution is 9.10. The zero-order valence-corrected chi connectivity index (χ0v) is 13.7. The third-order valence-electron chi connectivity index (χ3n) is 2.81. The Morgan fingerprint density at radius 3 is 2.32 bits per heavy atom. The zero-order chi connectivity index (χ0) is 14.2. The molecule has 0 saturated heterocycles. The van der Waals surface area contributed by atoms with E-state index in [2.05, 4.69) is 34.9 Å². The van der Waals surface area contributed by atoms with Crippen LogP contribution in [0.15, 0.2) is 28.9 Å². The van der Waals surface area contributed by atoms with Gasteiger partial charge in [-0.3, -0.25) is 4.68 Å². The lowest BCUT2D eigenvalue weighted by Crippen LogP contribution is -2.19. The molecule has 19 heavy (non-hydrogen) atoms. The first-order valence-electron chi connectivity index (χ1n) is 5.84. The number of nitrogens with two attached hydrogens (primary N) is 1. The van der Waals surface area contributed by atoms with Gasteiger partial charge < -0.3 is 5.73 Å². The van der Waals surface area contributed by atoms with Crippen LogP contribution in [0.25, 0.3) is 0 Å². The van der Waals surface area contributed by atoms with Crippen molar-refractivity contribution in [2.75, 3.05) is 0 Å². The lowest BCUT2D eigenvalue weighted by atomic mass is 10.0. The molecule has 0 bridgehead atoms. The Morgan fingerprint density at radius 1 is 1.21 bits per heavy atom. The Hall–Kier alpha value is -0.550. The van der Waals surface area contributed by atoms with Crippen molar-refractivity contribution in [2.45, 2.75) is 25.9 Å². The van der Waals surface area contributed by atoms with Gasteiger partial charge in [0.05, 0.1) is 22.4 Å². The molecule has 0 radical (unpaired) electrons. The summed E-state index contributed by atoms with van der Waals surface area (Å²) in [5.41, 5.74) is 8.10. The normalized spacial score (nSPS) is 13.0. The number of hydrogen-bond acceptors (Lipinski definition) is 2. The average molecular weight is 363 g/mol. The second kappa shape index (κ2) is 5.83. The molecular weight excluding hydrogens is 349 g/mol. The largest absolute Gasteiger partial charge is 0.319 e. The van der Waals surface area contributed by atoms with Crippen LogP contribution < -0.4 is 5.73 Å². The molecule has 1 atom stereocenters. The third kappa shape index (κ3) is 3.14. The minimum absolute atomic E-state index is 0.224. The molecular formula is C13H14BrCl2N3. The van der Waals surface area contributed by atoms with Crippen LogP contribution in [0.2, 0.25) is 10.0 Å². The summed E-state index contributed by atoms with van der Waals surface area (Å²) in [7, 11) is 0. The molecule has 0 aliphatic carbocycles. The van der Waals surface area contributed by atoms with Gasteiger partial charge in [-0.25, -0.2) is 0 Å². The van der Waals surface area contributed by atoms with E-state index in [9.17, 15) is 0 Å². The highest BCUT2D eigenvalue weighted by atomic mass is 79.9. The van der Waals surface area contributed by atoms with Gasteiger partial charge in [-0.2, -0.15) is 5.10 Å². The maximum absolute atomic E-state index is 6.33. The van der Waals surface area contributed by atoms with Gasteiger partial charge in [0, 0.05) is 16.1 Å². The fourth-order valence-corrected chi connectivity index (χ4v) is 3.03. The molecule has 0 aliphatic rings. The van der Waals surface area contributed by atoms with Crippen LogP contribution in [0.4, 0.5) is 0 Å². The summed E-state index contributed by atoms with van der Waals surface area (Å²) in [5.74, 6) is 0. The first-order chi connectivity index (χ1) is 8.90. The molecule has 6 heteroatoms. The lowest BCUT2D eigenvalue weighted by Gasteiger charge is -2.18. The second-order valence-corrected chi connectivity index (χ2v) is 6.32. The molecule has 2 N–H and O–H groups in total. The van der Waals surface area contributed by atoms with Crippen LogP contribution in [-0.4, -0.2) is 9.78 Å². The van der Waals surface area contributed by atoms with Crippen LogP contribution in [0.5, 0.6) is 0 Å². The van der Waals surface area contributed by atoms with E-state index in [1.807, 2.05) is 16.8 Å². The maximum atomic E-state index is 6.33. The Morgan fingerprint density at radius 2 is 1.79 bits per heavy atom. The van der Waals surface area contributed by atoms with Gasteiger partial charge in [0.25, 0.3) is 0 Å². The van der Waals surface area contributed by atoms with Crippen molar-refractivity contribution >= 4 is 39.1 Å². The molecule has 0 fully saturated rings. The van der Waals surface area contributed by atoms with Crippen molar-refractivity contribution in [3.63, 3.8) is 0 Å². The van der Waals surface area contributed by atoms with Crippen molar-refractivity contribution in [3.05, 3.63) is 50.2 Å². The van der Waals surface area contributed by atoms with Gasteiger partial charge in [0.15, 0.2) is 0 Å². The highest BCUT2D eigenvalue weighted by Crippen LogP contribution is 2.31. The summed E-state index contributed by atoms with van der Waals surface area (Å²) in [6.07, 6.45) is 1.75. The minimum Gasteiger partial charge on any atom is -0.319 e. The number of aromatic nitrogens is 2. The minimum atomic E-state index is -0.338. The Kier molecular flexibility index (Phi) is 4.56. The van der Waals surface area contributed by atoms with E-state index < -0.39 is 0 Å². The van der Waals surface area contributed by atoms with Crippen LogP contribution in [-0.2, 0) is 0 Å². The number of nitrogens with zero attached hydrogens (tertiary/aromatic N) is 2. The monoisotopic (exact) mass is 361 g/mol. The fourth-order valence-electron chi connectivity index (χ4n) is 1.97. The topological polar surface area (TPSA) is 43.8 Å². The molecule has 2 rings (SSSR count). The van der Waals surface area contributed by atoms with Crippen molar-refractivity contribution in [2.24, 2.45) is 5.73 Å². The SMILES string of the molecule is CC(C)n1ncc(Br)c1C(N)c1cc(Cl)cc(Cl)c1. The molecule has 1 aromatic carbocycles. The number of halogens is 3. The average Bonchev–Trinajstić information content (AvgIpc) is 2.69. The quantitative estimate of drug-likeness (QED) is 0.868. The summed E-state index contributed by atoms with van der Waals surface area (Å²) >= 11 is 15.5. The van der Waals surface area contributed by atoms with Gasteiger partial charge in [-0.05, 0) is 53.5 Å². The molecule has 102 valence electrons. The summed E-state index contributed by atoms with van der Waals surface area (Å²) in [6, 6.07) is 5.22. The Bertz CT molecular complexity index is 575. The van der Waals surface area contributed by atoms with Gasteiger partial charge in [0.2, 0.25) is 0 Å². The second-order valence-electron chi connectivity index (χ2n) is 4.60. The molecule has 0 saturated carbocycles.